The van der Waals surface area contributed by atoms with Crippen molar-refractivity contribution in [3.63, 3.8) is 0 Å². The molecule has 4 nitrogen and oxygen atoms in total. The summed E-state index contributed by atoms with van der Waals surface area (Å²) in [4.78, 5) is 2.79. The predicted octanol–water partition coefficient (Wildman–Crippen LogP) is 4.17. The summed E-state index contributed by atoms with van der Waals surface area (Å²) in [6.45, 7) is 0. The Bertz CT molecular complexity index is 634. The molecular formula is C13H8N4. The largest absolute Gasteiger partial charge is 0.192 e. The van der Waals surface area contributed by atoms with Gasteiger partial charge in [-0.1, -0.05) is 41.5 Å². The van der Waals surface area contributed by atoms with Crippen LogP contribution >= 0.6 is 0 Å². The summed E-state index contributed by atoms with van der Waals surface area (Å²) in [6, 6.07) is 16.6. The van der Waals surface area contributed by atoms with Gasteiger partial charge in [-0.05, 0) is 28.8 Å². The highest BCUT2D eigenvalue weighted by Crippen LogP contribution is 2.30. The van der Waals surface area contributed by atoms with Crippen LogP contribution in [-0.4, -0.2) is 0 Å². The van der Waals surface area contributed by atoms with E-state index in [1.165, 1.54) is 0 Å². The normalized spacial score (nSPS) is 9.12. The Morgan fingerprint density at radius 2 is 1.94 bits per heavy atom. The van der Waals surface area contributed by atoms with Crippen LogP contribution in [0.3, 0.4) is 0 Å². The van der Waals surface area contributed by atoms with Crippen LogP contribution in [0.15, 0.2) is 53.6 Å². The monoisotopic (exact) mass is 220 g/mol. The van der Waals surface area contributed by atoms with Crippen molar-refractivity contribution in [1.82, 2.24) is 0 Å². The molecule has 0 aliphatic rings. The molecule has 0 fully saturated rings. The zero-order valence-corrected chi connectivity index (χ0v) is 8.91. The standard InChI is InChI=1S/C13H8N4/c14-9-10-4-3-5-11(8-10)12-6-1-2-7-13(12)16-17-15/h1-8H. The Morgan fingerprint density at radius 3 is 2.71 bits per heavy atom. The molecule has 80 valence electrons. The molecular weight excluding hydrogens is 212 g/mol. The van der Waals surface area contributed by atoms with Gasteiger partial charge in [0.05, 0.1) is 11.6 Å². The maximum absolute atomic E-state index is 8.85. The number of nitriles is 1. The van der Waals surface area contributed by atoms with Crippen molar-refractivity contribution < 1.29 is 0 Å². The first kappa shape index (κ1) is 10.7. The summed E-state index contributed by atoms with van der Waals surface area (Å²) >= 11 is 0. The third-order valence-electron chi connectivity index (χ3n) is 2.36. The van der Waals surface area contributed by atoms with E-state index in [0.717, 1.165) is 11.1 Å². The molecule has 0 bridgehead atoms. The first-order chi connectivity index (χ1) is 8.35. The minimum Gasteiger partial charge on any atom is -0.192 e. The lowest BCUT2D eigenvalue weighted by Gasteiger charge is -2.05. The molecule has 0 atom stereocenters. The lowest BCUT2D eigenvalue weighted by Crippen LogP contribution is -1.80. The van der Waals surface area contributed by atoms with E-state index in [2.05, 4.69) is 16.1 Å². The number of benzene rings is 2. The zero-order valence-electron chi connectivity index (χ0n) is 8.91. The van der Waals surface area contributed by atoms with Gasteiger partial charge in [-0.2, -0.15) is 5.26 Å². The Morgan fingerprint density at radius 1 is 1.12 bits per heavy atom. The number of nitrogens with zero attached hydrogens (tertiary/aromatic N) is 4. The molecule has 0 heterocycles. The van der Waals surface area contributed by atoms with Gasteiger partial charge in [-0.15, -0.1) is 0 Å². The van der Waals surface area contributed by atoms with Gasteiger partial charge >= 0.3 is 0 Å². The Labute approximate surface area is 98.4 Å². The SMILES string of the molecule is N#Cc1cccc(-c2ccccc2N=[N+]=[N-])c1. The first-order valence-electron chi connectivity index (χ1n) is 5.00. The van der Waals surface area contributed by atoms with E-state index in [9.17, 15) is 0 Å². The molecule has 0 unspecified atom stereocenters. The number of azide groups is 1. The molecule has 4 heteroatoms. The average molecular weight is 220 g/mol. The fourth-order valence-corrected chi connectivity index (χ4v) is 1.61. The molecule has 2 rings (SSSR count). The highest BCUT2D eigenvalue weighted by atomic mass is 15.1. The van der Waals surface area contributed by atoms with Gasteiger partial charge < -0.3 is 0 Å². The number of rotatable bonds is 2. The molecule has 0 amide bonds. The third kappa shape index (κ3) is 2.25. The van der Waals surface area contributed by atoms with Gasteiger partial charge in [0.1, 0.15) is 0 Å². The summed E-state index contributed by atoms with van der Waals surface area (Å²) in [5, 5.41) is 12.5. The molecule has 17 heavy (non-hydrogen) atoms. The van der Waals surface area contributed by atoms with E-state index in [-0.39, 0.29) is 0 Å². The van der Waals surface area contributed by atoms with E-state index in [1.54, 1.807) is 24.3 Å². The molecule has 0 aliphatic heterocycles. The second-order valence-electron chi connectivity index (χ2n) is 3.40. The molecule has 2 aromatic rings. The molecule has 0 N–H and O–H groups in total. The highest BCUT2D eigenvalue weighted by molar-refractivity contribution is 5.76. The van der Waals surface area contributed by atoms with E-state index in [4.69, 9.17) is 10.8 Å². The van der Waals surface area contributed by atoms with Crippen molar-refractivity contribution in [2.75, 3.05) is 0 Å². The van der Waals surface area contributed by atoms with Crippen molar-refractivity contribution in [3.05, 3.63) is 64.5 Å². The molecule has 2 aromatic carbocycles. The van der Waals surface area contributed by atoms with Gasteiger partial charge in [0.2, 0.25) is 0 Å². The minimum absolute atomic E-state index is 0.560. The first-order valence-corrected chi connectivity index (χ1v) is 5.00. The van der Waals surface area contributed by atoms with Crippen LogP contribution in [0, 0.1) is 11.3 Å². The fourth-order valence-electron chi connectivity index (χ4n) is 1.61. The van der Waals surface area contributed by atoms with Crippen molar-refractivity contribution in [3.8, 4) is 17.2 Å². The van der Waals surface area contributed by atoms with E-state index >= 15 is 0 Å². The van der Waals surface area contributed by atoms with Crippen LogP contribution in [0.5, 0.6) is 0 Å². The third-order valence-corrected chi connectivity index (χ3v) is 2.36. The van der Waals surface area contributed by atoms with Gasteiger partial charge in [0, 0.05) is 10.6 Å². The molecule has 0 saturated heterocycles. The second kappa shape index (κ2) is 4.84. The van der Waals surface area contributed by atoms with Crippen LogP contribution in [-0.2, 0) is 0 Å². The average Bonchev–Trinajstić information content (AvgIpc) is 2.40. The molecule has 0 aromatic heterocycles. The Balaban J connectivity index is 2.60. The Kier molecular flexibility index (Phi) is 3.06. The quantitative estimate of drug-likeness (QED) is 0.425. The van der Waals surface area contributed by atoms with Gasteiger partial charge in [-0.3, -0.25) is 0 Å². The molecule has 0 spiro atoms. The van der Waals surface area contributed by atoms with Crippen LogP contribution in [0.1, 0.15) is 5.56 Å². The molecule has 0 radical (unpaired) electrons. The van der Waals surface area contributed by atoms with E-state index in [1.807, 2.05) is 24.3 Å². The predicted molar refractivity (Wildman–Crippen MR) is 65.4 cm³/mol. The Hall–Kier alpha value is -2.76. The minimum atomic E-state index is 0.560. The summed E-state index contributed by atoms with van der Waals surface area (Å²) in [5.74, 6) is 0. The van der Waals surface area contributed by atoms with Crippen LogP contribution in [0.4, 0.5) is 5.69 Å². The van der Waals surface area contributed by atoms with E-state index in [0.29, 0.717) is 11.3 Å². The smallest absolute Gasteiger partial charge is 0.0991 e. The van der Waals surface area contributed by atoms with Crippen molar-refractivity contribution in [1.29, 1.82) is 5.26 Å². The van der Waals surface area contributed by atoms with Gasteiger partial charge in [0.25, 0.3) is 0 Å². The number of hydrogen-bond acceptors (Lipinski definition) is 2. The lowest BCUT2D eigenvalue weighted by atomic mass is 10.0. The molecule has 0 aliphatic carbocycles. The maximum atomic E-state index is 8.85. The summed E-state index contributed by atoms with van der Waals surface area (Å²) < 4.78 is 0. The summed E-state index contributed by atoms with van der Waals surface area (Å²) in [6.07, 6.45) is 0. The van der Waals surface area contributed by atoms with Crippen LogP contribution in [0.25, 0.3) is 21.6 Å². The summed E-state index contributed by atoms with van der Waals surface area (Å²) in [5.41, 5.74) is 11.3. The van der Waals surface area contributed by atoms with Gasteiger partial charge in [-0.25, -0.2) is 0 Å². The maximum Gasteiger partial charge on any atom is 0.0991 e. The number of hydrogen-bond donors (Lipinski definition) is 0. The summed E-state index contributed by atoms with van der Waals surface area (Å²) in [7, 11) is 0. The second-order valence-corrected chi connectivity index (χ2v) is 3.40. The lowest BCUT2D eigenvalue weighted by molar-refractivity contribution is 1.45. The van der Waals surface area contributed by atoms with Crippen LogP contribution in [0.2, 0.25) is 0 Å². The highest BCUT2D eigenvalue weighted by Gasteiger charge is 2.03. The fraction of sp³-hybridized carbons (Fsp3) is 0. The van der Waals surface area contributed by atoms with Crippen molar-refractivity contribution in [2.24, 2.45) is 5.11 Å². The van der Waals surface area contributed by atoms with E-state index < -0.39 is 0 Å². The van der Waals surface area contributed by atoms with Crippen molar-refractivity contribution >= 4 is 5.69 Å². The van der Waals surface area contributed by atoms with Gasteiger partial charge in [0.15, 0.2) is 0 Å². The zero-order chi connectivity index (χ0) is 12.1. The molecule has 0 saturated carbocycles. The van der Waals surface area contributed by atoms with Crippen molar-refractivity contribution in [2.45, 2.75) is 0 Å². The van der Waals surface area contributed by atoms with Crippen LogP contribution < -0.4 is 0 Å². The topological polar surface area (TPSA) is 72.5 Å².